The van der Waals surface area contributed by atoms with Crippen molar-refractivity contribution < 1.29 is 13.9 Å². The van der Waals surface area contributed by atoms with Crippen LogP contribution >= 0.6 is 11.6 Å². The van der Waals surface area contributed by atoms with Gasteiger partial charge in [0.15, 0.2) is 11.6 Å². The molecule has 3 aromatic carbocycles. The van der Waals surface area contributed by atoms with Crippen LogP contribution in [0.1, 0.15) is 37.8 Å². The highest BCUT2D eigenvalue weighted by Crippen LogP contribution is 2.33. The Bertz CT molecular complexity index is 999. The maximum absolute atomic E-state index is 14.2. The van der Waals surface area contributed by atoms with Crippen molar-refractivity contribution in [1.29, 1.82) is 0 Å². The summed E-state index contributed by atoms with van der Waals surface area (Å²) in [7, 11) is 0. The molecule has 2 nitrogen and oxygen atoms in total. The first-order valence-electron chi connectivity index (χ1n) is 10.5. The van der Waals surface area contributed by atoms with E-state index in [1.165, 1.54) is 11.6 Å². The molecule has 0 aliphatic carbocycles. The van der Waals surface area contributed by atoms with Gasteiger partial charge >= 0.3 is 0 Å². The van der Waals surface area contributed by atoms with Crippen LogP contribution in [0.15, 0.2) is 79.4 Å². The molecule has 31 heavy (non-hydrogen) atoms. The van der Waals surface area contributed by atoms with Crippen LogP contribution in [0, 0.1) is 5.82 Å². The molecular weight excluding hydrogens is 411 g/mol. The van der Waals surface area contributed by atoms with E-state index < -0.39 is 0 Å². The predicted molar refractivity (Wildman–Crippen MR) is 126 cm³/mol. The number of benzene rings is 3. The fourth-order valence-corrected chi connectivity index (χ4v) is 3.66. The highest BCUT2D eigenvalue weighted by Gasteiger charge is 2.22. The van der Waals surface area contributed by atoms with Crippen molar-refractivity contribution in [3.05, 3.63) is 101 Å². The molecule has 0 saturated carbocycles. The maximum atomic E-state index is 14.2. The van der Waals surface area contributed by atoms with Crippen LogP contribution in [0.25, 0.3) is 0 Å². The average Bonchev–Trinajstić information content (AvgIpc) is 2.78. The Morgan fingerprint density at radius 1 is 1.00 bits per heavy atom. The molecule has 0 spiro atoms. The van der Waals surface area contributed by atoms with Gasteiger partial charge in [0.05, 0.1) is 6.61 Å². The van der Waals surface area contributed by atoms with Crippen LogP contribution in [0.2, 0.25) is 5.02 Å². The molecule has 0 fully saturated rings. The third-order valence-corrected chi connectivity index (χ3v) is 5.73. The van der Waals surface area contributed by atoms with Gasteiger partial charge in [0.1, 0.15) is 11.5 Å². The third kappa shape index (κ3) is 6.11. The number of hydrogen-bond acceptors (Lipinski definition) is 2. The van der Waals surface area contributed by atoms with Crippen molar-refractivity contribution in [2.45, 2.75) is 38.5 Å². The van der Waals surface area contributed by atoms with Gasteiger partial charge in [-0.15, -0.1) is 6.58 Å². The van der Waals surface area contributed by atoms with Crippen LogP contribution in [0.5, 0.6) is 17.2 Å². The van der Waals surface area contributed by atoms with E-state index >= 15 is 0 Å². The van der Waals surface area contributed by atoms with E-state index in [2.05, 4.69) is 25.6 Å². The second-order valence-electron chi connectivity index (χ2n) is 7.75. The Morgan fingerprint density at radius 3 is 2.32 bits per heavy atom. The smallest absolute Gasteiger partial charge is 0.165 e. The first kappa shape index (κ1) is 22.9. The van der Waals surface area contributed by atoms with Crippen LogP contribution < -0.4 is 9.47 Å². The van der Waals surface area contributed by atoms with E-state index in [4.69, 9.17) is 21.1 Å². The Morgan fingerprint density at radius 2 is 1.68 bits per heavy atom. The van der Waals surface area contributed by atoms with E-state index in [0.29, 0.717) is 17.4 Å². The van der Waals surface area contributed by atoms with Crippen molar-refractivity contribution in [3.8, 4) is 17.2 Å². The fraction of sp³-hybridized carbons (Fsp3) is 0.259. The first-order chi connectivity index (χ1) is 14.9. The first-order valence-corrected chi connectivity index (χ1v) is 10.9. The van der Waals surface area contributed by atoms with Crippen molar-refractivity contribution >= 4 is 11.6 Å². The van der Waals surface area contributed by atoms with E-state index in [-0.39, 0.29) is 17.0 Å². The fourth-order valence-electron chi connectivity index (χ4n) is 3.53. The molecule has 0 saturated heterocycles. The van der Waals surface area contributed by atoms with Gasteiger partial charge in [-0.3, -0.25) is 0 Å². The highest BCUT2D eigenvalue weighted by molar-refractivity contribution is 6.30. The highest BCUT2D eigenvalue weighted by atomic mass is 35.5. The Labute approximate surface area is 189 Å². The summed E-state index contributed by atoms with van der Waals surface area (Å²) in [5.74, 6) is 1.26. The minimum atomic E-state index is -0.385. The monoisotopic (exact) mass is 438 g/mol. The summed E-state index contributed by atoms with van der Waals surface area (Å²) >= 11 is 5.90. The molecule has 0 bridgehead atoms. The van der Waals surface area contributed by atoms with Gasteiger partial charge in [0, 0.05) is 10.4 Å². The molecule has 0 radical (unpaired) electrons. The lowest BCUT2D eigenvalue weighted by molar-refractivity contribution is 0.340. The summed E-state index contributed by atoms with van der Waals surface area (Å²) in [6.07, 6.45) is 4.68. The molecule has 162 valence electrons. The minimum absolute atomic E-state index is 0.145. The Kier molecular flexibility index (Phi) is 7.75. The lowest BCUT2D eigenvalue weighted by atomic mass is 9.78. The van der Waals surface area contributed by atoms with E-state index in [9.17, 15) is 4.39 Å². The number of halogens is 2. The van der Waals surface area contributed by atoms with Gasteiger partial charge in [-0.05, 0) is 85.8 Å². The van der Waals surface area contributed by atoms with Crippen LogP contribution in [0.4, 0.5) is 4.39 Å². The zero-order valence-corrected chi connectivity index (χ0v) is 18.8. The van der Waals surface area contributed by atoms with E-state index in [0.717, 1.165) is 30.6 Å². The molecule has 0 aromatic heterocycles. The normalized spacial score (nSPS) is 12.8. The summed E-state index contributed by atoms with van der Waals surface area (Å²) < 4.78 is 25.5. The van der Waals surface area contributed by atoms with Gasteiger partial charge in [-0.25, -0.2) is 4.39 Å². The van der Waals surface area contributed by atoms with Gasteiger partial charge in [0.2, 0.25) is 0 Å². The van der Waals surface area contributed by atoms with E-state index in [1.807, 2.05) is 31.2 Å². The number of allylic oxidation sites excluding steroid dienone is 1. The number of aryl methyl sites for hydroxylation is 1. The lowest BCUT2D eigenvalue weighted by Gasteiger charge is -2.27. The van der Waals surface area contributed by atoms with Gasteiger partial charge in [-0.2, -0.15) is 0 Å². The predicted octanol–water partition coefficient (Wildman–Crippen LogP) is 8.14. The topological polar surface area (TPSA) is 18.5 Å². The van der Waals surface area contributed by atoms with Crippen molar-refractivity contribution in [2.24, 2.45) is 0 Å². The quantitative estimate of drug-likeness (QED) is 0.297. The molecule has 0 aliphatic rings. The Balaban J connectivity index is 1.64. The van der Waals surface area contributed by atoms with Gasteiger partial charge < -0.3 is 9.47 Å². The molecule has 0 N–H and O–H groups in total. The largest absolute Gasteiger partial charge is 0.494 e. The standard InChI is InChI=1S/C27H28ClFO2/c1-4-27(3,21-9-13-23(14-10-21)30-5-2)18-6-7-20-8-17-25(29)26(19-20)31-24-15-11-22(28)12-16-24/h4,8-17,19H,1,5-7,18H2,2-3H3. The second kappa shape index (κ2) is 10.5. The number of ether oxygens (including phenoxy) is 2. The summed E-state index contributed by atoms with van der Waals surface area (Å²) in [6, 6.07) is 20.1. The molecule has 1 unspecified atom stereocenters. The number of rotatable bonds is 10. The van der Waals surface area contributed by atoms with Crippen LogP contribution in [-0.4, -0.2) is 6.61 Å². The summed E-state index contributed by atoms with van der Waals surface area (Å²) in [5, 5.41) is 0.611. The Hall–Kier alpha value is -2.78. The minimum Gasteiger partial charge on any atom is -0.494 e. The van der Waals surface area contributed by atoms with Crippen molar-refractivity contribution in [1.82, 2.24) is 0 Å². The molecular formula is C27H28ClFO2. The zero-order chi connectivity index (χ0) is 22.3. The maximum Gasteiger partial charge on any atom is 0.165 e. The van der Waals surface area contributed by atoms with E-state index in [1.54, 1.807) is 30.3 Å². The van der Waals surface area contributed by atoms with Crippen molar-refractivity contribution in [2.75, 3.05) is 6.61 Å². The molecule has 0 amide bonds. The zero-order valence-electron chi connectivity index (χ0n) is 18.0. The molecule has 3 rings (SSSR count). The summed E-state index contributed by atoms with van der Waals surface area (Å²) in [4.78, 5) is 0. The van der Waals surface area contributed by atoms with Crippen molar-refractivity contribution in [3.63, 3.8) is 0 Å². The van der Waals surface area contributed by atoms with Crippen LogP contribution in [0.3, 0.4) is 0 Å². The summed E-state index contributed by atoms with van der Waals surface area (Å²) in [5.41, 5.74) is 2.09. The second-order valence-corrected chi connectivity index (χ2v) is 8.19. The molecule has 0 heterocycles. The van der Waals surface area contributed by atoms with Crippen LogP contribution in [-0.2, 0) is 11.8 Å². The average molecular weight is 439 g/mol. The third-order valence-electron chi connectivity index (χ3n) is 5.47. The van der Waals surface area contributed by atoms with Gasteiger partial charge in [0.25, 0.3) is 0 Å². The van der Waals surface area contributed by atoms with Gasteiger partial charge in [-0.1, -0.05) is 42.8 Å². The number of hydrogen-bond donors (Lipinski definition) is 0. The SMILES string of the molecule is C=CC(C)(CCCc1ccc(F)c(Oc2ccc(Cl)cc2)c1)c1ccc(OCC)cc1. The molecule has 4 heteroatoms. The molecule has 1 atom stereocenters. The lowest BCUT2D eigenvalue weighted by Crippen LogP contribution is -2.18. The molecule has 3 aromatic rings. The summed E-state index contributed by atoms with van der Waals surface area (Å²) in [6.45, 7) is 8.88. The molecule has 0 aliphatic heterocycles.